The molecule has 0 atom stereocenters. The van der Waals surface area contributed by atoms with Gasteiger partial charge in [0.2, 0.25) is 5.91 Å². The first-order valence-corrected chi connectivity index (χ1v) is 3.49. The van der Waals surface area contributed by atoms with Crippen LogP contribution in [0.1, 0.15) is 34.6 Å². The number of nitrogens with one attached hydrogen (secondary N) is 1. The minimum atomic E-state index is -0.190. The van der Waals surface area contributed by atoms with E-state index in [2.05, 4.69) is 17.2 Å². The van der Waals surface area contributed by atoms with Crippen LogP contribution in [0.25, 0.3) is 0 Å². The maximum atomic E-state index is 9.80. The van der Waals surface area contributed by atoms with E-state index in [-0.39, 0.29) is 5.91 Å². The first-order valence-electron chi connectivity index (χ1n) is 3.49. The van der Waals surface area contributed by atoms with Crippen molar-refractivity contribution < 1.29 is 4.79 Å². The molecule has 1 N–H and O–H groups in total. The molecule has 0 saturated carbocycles. The first-order chi connectivity index (χ1) is 4.77. The van der Waals surface area contributed by atoms with Gasteiger partial charge in [-0.15, -0.1) is 0 Å². The molecule has 0 aliphatic carbocycles. The molecule has 0 rings (SSSR count). The van der Waals surface area contributed by atoms with Crippen LogP contribution in [-0.4, -0.2) is 12.6 Å². The van der Waals surface area contributed by atoms with Gasteiger partial charge in [-0.05, 0) is 0 Å². The summed E-state index contributed by atoms with van der Waals surface area (Å²) in [6.07, 6.45) is 0. The molecule has 0 radical (unpaired) electrons. The third-order valence-electron chi connectivity index (χ3n) is 0.237. The molecule has 0 aromatic heterocycles. The van der Waals surface area contributed by atoms with Gasteiger partial charge >= 0.3 is 0 Å². The summed E-state index contributed by atoms with van der Waals surface area (Å²) in [7, 11) is 0. The fraction of sp³-hybridized carbons (Fsp3) is 0.714. The highest BCUT2D eigenvalue weighted by Crippen LogP contribution is 1.52. The third kappa shape index (κ3) is 58.8. The van der Waals surface area contributed by atoms with Crippen LogP contribution in [-0.2, 0) is 4.79 Å². The lowest BCUT2D eigenvalue weighted by Gasteiger charge is -1.82. The molecule has 0 saturated heterocycles. The van der Waals surface area contributed by atoms with Gasteiger partial charge in [0.25, 0.3) is 0 Å². The highest BCUT2D eigenvalue weighted by Gasteiger charge is 1.77. The summed E-state index contributed by atoms with van der Waals surface area (Å²) in [6.45, 7) is 12.4. The van der Waals surface area contributed by atoms with Crippen LogP contribution < -0.4 is 5.43 Å². The molecule has 3 nitrogen and oxygen atoms in total. The van der Waals surface area contributed by atoms with Crippen LogP contribution in [0.2, 0.25) is 0 Å². The summed E-state index contributed by atoms with van der Waals surface area (Å²) in [4.78, 5) is 9.80. The molecule has 10 heavy (non-hydrogen) atoms. The van der Waals surface area contributed by atoms with E-state index in [4.69, 9.17) is 0 Å². The molecule has 0 unspecified atom stereocenters. The first kappa shape index (κ1) is 16.1. The average molecular weight is 146 g/mol. The third-order valence-corrected chi connectivity index (χ3v) is 0.237. The Morgan fingerprint density at radius 1 is 1.30 bits per heavy atom. The minimum absolute atomic E-state index is 0.190. The summed E-state index contributed by atoms with van der Waals surface area (Å²) in [5, 5.41) is 3.09. The minimum Gasteiger partial charge on any atom is -0.274 e. The molecular formula is C7H18N2O. The van der Waals surface area contributed by atoms with Crippen LogP contribution >= 0.6 is 0 Å². The predicted octanol–water partition coefficient (Wildman–Crippen LogP) is 1.79. The van der Waals surface area contributed by atoms with Crippen LogP contribution in [0.15, 0.2) is 5.10 Å². The lowest BCUT2D eigenvalue weighted by atomic mass is 10.8. The van der Waals surface area contributed by atoms with Gasteiger partial charge in [-0.2, -0.15) is 5.10 Å². The number of hydrazone groups is 1. The van der Waals surface area contributed by atoms with Gasteiger partial charge in [-0.3, -0.25) is 4.79 Å². The van der Waals surface area contributed by atoms with Gasteiger partial charge < -0.3 is 0 Å². The number of amides is 1. The number of hydrogen-bond donors (Lipinski definition) is 1. The Labute approximate surface area is 63.5 Å². The quantitative estimate of drug-likeness (QED) is 0.444. The molecule has 0 spiro atoms. The van der Waals surface area contributed by atoms with E-state index in [9.17, 15) is 4.79 Å². The molecule has 0 heterocycles. The second-order valence-electron chi connectivity index (χ2n) is 0.826. The maximum absolute atomic E-state index is 9.80. The SMILES string of the molecule is C=NNC(C)=O.CC.CC. The average Bonchev–Trinajstić information content (AvgIpc) is 1.96. The Bertz CT molecular complexity index is 72.0. The highest BCUT2D eigenvalue weighted by molar-refractivity contribution is 5.72. The molecule has 0 bridgehead atoms. The van der Waals surface area contributed by atoms with Crippen molar-refractivity contribution in [3.05, 3.63) is 0 Å². The van der Waals surface area contributed by atoms with E-state index < -0.39 is 0 Å². The van der Waals surface area contributed by atoms with Crippen molar-refractivity contribution in [1.29, 1.82) is 0 Å². The van der Waals surface area contributed by atoms with Crippen molar-refractivity contribution >= 4 is 12.6 Å². The van der Waals surface area contributed by atoms with Gasteiger partial charge in [0.15, 0.2) is 0 Å². The Morgan fingerprint density at radius 3 is 1.60 bits per heavy atom. The van der Waals surface area contributed by atoms with E-state index >= 15 is 0 Å². The van der Waals surface area contributed by atoms with Crippen molar-refractivity contribution in [3.63, 3.8) is 0 Å². The van der Waals surface area contributed by atoms with Crippen molar-refractivity contribution in [3.8, 4) is 0 Å². The molecule has 0 fully saturated rings. The molecule has 0 aromatic carbocycles. The Hall–Kier alpha value is -0.860. The number of rotatable bonds is 1. The largest absolute Gasteiger partial charge is 0.274 e. The second-order valence-corrected chi connectivity index (χ2v) is 0.826. The predicted molar refractivity (Wildman–Crippen MR) is 46.1 cm³/mol. The highest BCUT2D eigenvalue weighted by atomic mass is 16.2. The maximum Gasteiger partial charge on any atom is 0.236 e. The monoisotopic (exact) mass is 146 g/mol. The summed E-state index contributed by atoms with van der Waals surface area (Å²) in [5.41, 5.74) is 2.08. The molecule has 0 aliphatic heterocycles. The van der Waals surface area contributed by atoms with Crippen LogP contribution in [0.3, 0.4) is 0 Å². The second kappa shape index (κ2) is 24.2. The van der Waals surface area contributed by atoms with E-state index in [1.165, 1.54) is 6.92 Å². The zero-order chi connectivity index (χ0) is 8.99. The number of carbonyl (C=O) groups excluding carboxylic acids is 1. The lowest BCUT2D eigenvalue weighted by Crippen LogP contribution is -2.10. The van der Waals surface area contributed by atoms with Crippen molar-refractivity contribution in [1.82, 2.24) is 5.43 Å². The van der Waals surface area contributed by atoms with Gasteiger partial charge in [0, 0.05) is 13.6 Å². The standard InChI is InChI=1S/C3H6N2O.2C2H6/c1-3(6)5-4-2;2*1-2/h2H2,1H3,(H,5,6);2*1-2H3. The Kier molecular flexibility index (Phi) is 38.9. The number of hydrogen-bond acceptors (Lipinski definition) is 2. The molecule has 0 aromatic rings. The van der Waals surface area contributed by atoms with Crippen molar-refractivity contribution in [2.24, 2.45) is 5.10 Å². The van der Waals surface area contributed by atoms with Crippen molar-refractivity contribution in [2.75, 3.05) is 0 Å². The van der Waals surface area contributed by atoms with E-state index in [0.29, 0.717) is 0 Å². The summed E-state index contributed by atoms with van der Waals surface area (Å²) < 4.78 is 0. The Morgan fingerprint density at radius 2 is 1.60 bits per heavy atom. The molecule has 0 aliphatic rings. The van der Waals surface area contributed by atoms with E-state index in [1.807, 2.05) is 27.7 Å². The van der Waals surface area contributed by atoms with Crippen LogP contribution in [0.4, 0.5) is 0 Å². The van der Waals surface area contributed by atoms with E-state index in [0.717, 1.165) is 0 Å². The van der Waals surface area contributed by atoms with Gasteiger partial charge in [0.05, 0.1) is 0 Å². The fourth-order valence-electron chi connectivity index (χ4n) is 0.111. The van der Waals surface area contributed by atoms with Crippen LogP contribution in [0.5, 0.6) is 0 Å². The topological polar surface area (TPSA) is 41.5 Å². The zero-order valence-corrected chi connectivity index (χ0v) is 7.56. The van der Waals surface area contributed by atoms with Gasteiger partial charge in [-0.1, -0.05) is 27.7 Å². The van der Waals surface area contributed by atoms with E-state index in [1.54, 1.807) is 0 Å². The molecular weight excluding hydrogens is 128 g/mol. The summed E-state index contributed by atoms with van der Waals surface area (Å²) in [5.74, 6) is -0.190. The lowest BCUT2D eigenvalue weighted by molar-refractivity contribution is -0.118. The number of carbonyl (C=O) groups is 1. The van der Waals surface area contributed by atoms with Crippen molar-refractivity contribution in [2.45, 2.75) is 34.6 Å². The Balaban J connectivity index is -0.000000105. The fourth-order valence-corrected chi connectivity index (χ4v) is 0.111. The van der Waals surface area contributed by atoms with Gasteiger partial charge in [-0.25, -0.2) is 5.43 Å². The molecule has 62 valence electrons. The van der Waals surface area contributed by atoms with Gasteiger partial charge in [0.1, 0.15) is 0 Å². The smallest absolute Gasteiger partial charge is 0.236 e. The summed E-state index contributed by atoms with van der Waals surface area (Å²) in [6, 6.07) is 0. The number of nitrogens with zero attached hydrogens (tertiary/aromatic N) is 1. The molecule has 3 heteroatoms. The zero-order valence-electron chi connectivity index (χ0n) is 7.56. The van der Waals surface area contributed by atoms with Crippen LogP contribution in [0, 0.1) is 0 Å². The normalized spacial score (nSPS) is 5.30. The summed E-state index contributed by atoms with van der Waals surface area (Å²) >= 11 is 0. The molecule has 1 amide bonds.